The molecule has 174 valence electrons. The van der Waals surface area contributed by atoms with Crippen LogP contribution in [0.4, 0.5) is 16.5 Å². The molecule has 3 aromatic carbocycles. The van der Waals surface area contributed by atoms with Crippen molar-refractivity contribution < 1.29 is 17.9 Å². The minimum absolute atomic E-state index is 0.0696. The van der Waals surface area contributed by atoms with Gasteiger partial charge in [0.25, 0.3) is 10.0 Å². The van der Waals surface area contributed by atoms with E-state index in [1.54, 1.807) is 17.5 Å². The molecule has 4 aromatic rings. The molecule has 0 unspecified atom stereocenters. The van der Waals surface area contributed by atoms with Crippen LogP contribution in [0.3, 0.4) is 0 Å². The lowest BCUT2D eigenvalue weighted by Crippen LogP contribution is -2.14. The SMILES string of the molecule is O=C(OCc1csc(Nc2ccccc2)n1)c1cc(S(=O)(=O)Nc2ccc(Cl)cc2)ccc1Cl. The third-order valence-electron chi connectivity index (χ3n) is 4.49. The predicted molar refractivity (Wildman–Crippen MR) is 135 cm³/mol. The summed E-state index contributed by atoms with van der Waals surface area (Å²) in [5, 5.41) is 6.12. The number of carbonyl (C=O) groups excluding carboxylic acids is 1. The molecule has 0 bridgehead atoms. The normalized spacial score (nSPS) is 11.1. The highest BCUT2D eigenvalue weighted by Gasteiger charge is 2.20. The molecule has 7 nitrogen and oxygen atoms in total. The second-order valence-electron chi connectivity index (χ2n) is 6.97. The standard InChI is InChI=1S/C23H17Cl2N3O4S2/c24-15-6-8-17(9-7-15)28-34(30,31)19-10-11-21(25)20(12-19)22(29)32-13-18-14-33-23(27-18)26-16-4-2-1-3-5-16/h1-12,14,28H,13H2,(H,26,27). The van der Waals surface area contributed by atoms with E-state index in [9.17, 15) is 13.2 Å². The Bertz CT molecular complexity index is 1410. The molecule has 11 heteroatoms. The summed E-state index contributed by atoms with van der Waals surface area (Å²) < 4.78 is 33.3. The Hall–Kier alpha value is -3.11. The van der Waals surface area contributed by atoms with E-state index in [1.807, 2.05) is 30.3 Å². The van der Waals surface area contributed by atoms with E-state index in [0.717, 1.165) is 5.69 Å². The average Bonchev–Trinajstić information content (AvgIpc) is 3.27. The van der Waals surface area contributed by atoms with Crippen LogP contribution in [0.25, 0.3) is 0 Å². The Morgan fingerprint density at radius 1 is 0.971 bits per heavy atom. The van der Waals surface area contributed by atoms with E-state index in [2.05, 4.69) is 15.0 Å². The van der Waals surface area contributed by atoms with E-state index in [1.165, 1.54) is 41.7 Å². The van der Waals surface area contributed by atoms with Crippen molar-refractivity contribution in [1.82, 2.24) is 4.98 Å². The topological polar surface area (TPSA) is 97.4 Å². The number of nitrogens with one attached hydrogen (secondary N) is 2. The monoisotopic (exact) mass is 533 g/mol. The number of ether oxygens (including phenoxy) is 1. The zero-order valence-electron chi connectivity index (χ0n) is 17.4. The van der Waals surface area contributed by atoms with Gasteiger partial charge >= 0.3 is 5.97 Å². The molecule has 2 N–H and O–H groups in total. The molecular formula is C23H17Cl2N3O4S2. The molecule has 0 saturated heterocycles. The van der Waals surface area contributed by atoms with Crippen LogP contribution < -0.4 is 10.0 Å². The number of hydrogen-bond acceptors (Lipinski definition) is 7. The molecule has 4 rings (SSSR count). The van der Waals surface area contributed by atoms with Crippen molar-refractivity contribution in [2.24, 2.45) is 0 Å². The molecule has 1 aromatic heterocycles. The number of benzene rings is 3. The number of thiazole rings is 1. The lowest BCUT2D eigenvalue weighted by atomic mass is 10.2. The van der Waals surface area contributed by atoms with Gasteiger partial charge in [0.1, 0.15) is 6.61 Å². The molecule has 0 spiro atoms. The van der Waals surface area contributed by atoms with Crippen LogP contribution in [0.1, 0.15) is 16.1 Å². The zero-order chi connectivity index (χ0) is 24.1. The zero-order valence-corrected chi connectivity index (χ0v) is 20.5. The molecule has 0 amide bonds. The van der Waals surface area contributed by atoms with E-state index in [-0.39, 0.29) is 22.1 Å². The molecule has 0 aliphatic rings. The maximum atomic E-state index is 12.7. The van der Waals surface area contributed by atoms with Crippen molar-refractivity contribution in [3.05, 3.63) is 99.5 Å². The summed E-state index contributed by atoms with van der Waals surface area (Å²) in [4.78, 5) is 16.9. The van der Waals surface area contributed by atoms with Crippen molar-refractivity contribution in [1.29, 1.82) is 0 Å². The number of halogens is 2. The quantitative estimate of drug-likeness (QED) is 0.256. The minimum Gasteiger partial charge on any atom is -0.456 e. The molecule has 0 atom stereocenters. The number of rotatable bonds is 8. The van der Waals surface area contributed by atoms with Crippen LogP contribution in [0, 0.1) is 0 Å². The van der Waals surface area contributed by atoms with Gasteiger partial charge in [0.15, 0.2) is 5.13 Å². The highest BCUT2D eigenvalue weighted by atomic mass is 35.5. The average molecular weight is 534 g/mol. The number of esters is 1. The maximum absolute atomic E-state index is 12.7. The highest BCUT2D eigenvalue weighted by Crippen LogP contribution is 2.25. The fraction of sp³-hybridized carbons (Fsp3) is 0.0435. The third-order valence-corrected chi connectivity index (χ3v) is 7.26. The van der Waals surface area contributed by atoms with Gasteiger partial charge in [-0.25, -0.2) is 18.2 Å². The number of hydrogen-bond donors (Lipinski definition) is 2. The molecule has 0 aliphatic carbocycles. The molecule has 0 saturated carbocycles. The van der Waals surface area contributed by atoms with E-state index >= 15 is 0 Å². The van der Waals surface area contributed by atoms with E-state index in [4.69, 9.17) is 27.9 Å². The van der Waals surface area contributed by atoms with Gasteiger partial charge in [-0.05, 0) is 54.6 Å². The summed E-state index contributed by atoms with van der Waals surface area (Å²) in [6.07, 6.45) is 0. The second kappa shape index (κ2) is 10.4. The first-order valence-electron chi connectivity index (χ1n) is 9.82. The van der Waals surface area contributed by atoms with Crippen LogP contribution in [0.2, 0.25) is 10.0 Å². The third kappa shape index (κ3) is 6.06. The van der Waals surface area contributed by atoms with Gasteiger partial charge in [0.2, 0.25) is 0 Å². The summed E-state index contributed by atoms with van der Waals surface area (Å²) >= 11 is 13.3. The number of anilines is 3. The van der Waals surface area contributed by atoms with Crippen molar-refractivity contribution in [3.8, 4) is 0 Å². The number of sulfonamides is 1. The Kier molecular flexibility index (Phi) is 7.38. The van der Waals surface area contributed by atoms with Gasteiger partial charge in [-0.2, -0.15) is 0 Å². The number of para-hydroxylation sites is 1. The van der Waals surface area contributed by atoms with Crippen LogP contribution in [0.15, 0.2) is 83.1 Å². The molecular weight excluding hydrogens is 517 g/mol. The van der Waals surface area contributed by atoms with Gasteiger partial charge in [0.05, 0.1) is 21.2 Å². The molecule has 34 heavy (non-hydrogen) atoms. The summed E-state index contributed by atoms with van der Waals surface area (Å²) in [6.45, 7) is -0.0951. The summed E-state index contributed by atoms with van der Waals surface area (Å²) in [5.41, 5.74) is 1.68. The largest absolute Gasteiger partial charge is 0.456 e. The fourth-order valence-electron chi connectivity index (χ4n) is 2.85. The smallest absolute Gasteiger partial charge is 0.340 e. The van der Waals surface area contributed by atoms with E-state index in [0.29, 0.717) is 21.5 Å². The number of nitrogens with zero attached hydrogens (tertiary/aromatic N) is 1. The second-order valence-corrected chi connectivity index (χ2v) is 10.3. The van der Waals surface area contributed by atoms with Gasteiger partial charge in [-0.15, -0.1) is 11.3 Å². The van der Waals surface area contributed by atoms with Crippen molar-refractivity contribution >= 4 is 67.0 Å². The first kappa shape index (κ1) is 24.0. The number of carbonyl (C=O) groups is 1. The van der Waals surface area contributed by atoms with Gasteiger partial charge in [-0.3, -0.25) is 4.72 Å². The summed E-state index contributed by atoms with van der Waals surface area (Å²) in [6, 6.07) is 19.5. The molecule has 0 aliphatic heterocycles. The maximum Gasteiger partial charge on any atom is 0.340 e. The Labute approximate surface area is 210 Å². The first-order chi connectivity index (χ1) is 16.3. The molecule has 0 fully saturated rings. The molecule has 1 heterocycles. The summed E-state index contributed by atoms with van der Waals surface area (Å²) in [7, 11) is -3.97. The highest BCUT2D eigenvalue weighted by molar-refractivity contribution is 7.92. The lowest BCUT2D eigenvalue weighted by Gasteiger charge is -2.10. The lowest BCUT2D eigenvalue weighted by molar-refractivity contribution is 0.0468. The van der Waals surface area contributed by atoms with Crippen LogP contribution in [0.5, 0.6) is 0 Å². The van der Waals surface area contributed by atoms with Crippen molar-refractivity contribution in [2.45, 2.75) is 11.5 Å². The van der Waals surface area contributed by atoms with Crippen LogP contribution >= 0.6 is 34.5 Å². The van der Waals surface area contributed by atoms with Gasteiger partial charge < -0.3 is 10.1 Å². The van der Waals surface area contributed by atoms with Crippen molar-refractivity contribution in [2.75, 3.05) is 10.0 Å². The minimum atomic E-state index is -3.97. The Balaban J connectivity index is 1.43. The van der Waals surface area contributed by atoms with Gasteiger partial charge in [0, 0.05) is 21.8 Å². The van der Waals surface area contributed by atoms with Crippen LogP contribution in [-0.4, -0.2) is 19.4 Å². The van der Waals surface area contributed by atoms with Gasteiger partial charge in [-0.1, -0.05) is 41.4 Å². The Morgan fingerprint density at radius 3 is 2.44 bits per heavy atom. The first-order valence-corrected chi connectivity index (χ1v) is 12.9. The van der Waals surface area contributed by atoms with Crippen molar-refractivity contribution in [3.63, 3.8) is 0 Å². The predicted octanol–water partition coefficient (Wildman–Crippen LogP) is 6.35. The Morgan fingerprint density at radius 2 is 1.71 bits per heavy atom. The summed E-state index contributed by atoms with van der Waals surface area (Å²) in [5.74, 6) is -0.765. The fourth-order valence-corrected chi connectivity index (χ4v) is 4.97. The molecule has 0 radical (unpaired) electrons. The number of aromatic nitrogens is 1. The van der Waals surface area contributed by atoms with Crippen LogP contribution in [-0.2, 0) is 21.4 Å². The van der Waals surface area contributed by atoms with E-state index < -0.39 is 16.0 Å².